The first-order valence-electron chi connectivity index (χ1n) is 10.8. The molecule has 10 heteroatoms. The summed E-state index contributed by atoms with van der Waals surface area (Å²) in [6, 6.07) is 0. The van der Waals surface area contributed by atoms with Crippen molar-refractivity contribution in [3.05, 3.63) is 16.1 Å². The first kappa shape index (κ1) is 27.9. The number of ether oxygens (including phenoxy) is 2. The van der Waals surface area contributed by atoms with Crippen molar-refractivity contribution in [1.29, 1.82) is 0 Å². The van der Waals surface area contributed by atoms with Crippen LogP contribution in [0.1, 0.15) is 57.7 Å². The maximum absolute atomic E-state index is 11.6. The minimum Gasteiger partial charge on any atom is -0.444 e. The largest absolute Gasteiger partial charge is 0.444 e. The third-order valence-corrected chi connectivity index (χ3v) is 5.67. The molecule has 0 saturated carbocycles. The van der Waals surface area contributed by atoms with Crippen LogP contribution in [0, 0.1) is 0 Å². The Bertz CT molecular complexity index is 685. The molecule has 0 atom stereocenters. The van der Waals surface area contributed by atoms with Gasteiger partial charge in [0.25, 0.3) is 0 Å². The highest BCUT2D eigenvalue weighted by Gasteiger charge is 2.22. The summed E-state index contributed by atoms with van der Waals surface area (Å²) in [6.07, 6.45) is 3.57. The summed E-state index contributed by atoms with van der Waals surface area (Å²) >= 11 is 1.71. The number of hydrogen-bond acceptors (Lipinski definition) is 6. The lowest BCUT2D eigenvalue weighted by Gasteiger charge is -2.34. The standard InChI is InChI=1S/C21H37N5O3S.HI/c1-6-18-25-16(15-30-18)14-24-19(22-5)26-11-8-17(9-12-26)28-13-7-10-23-20(27)29-21(2,3)4;/h15,17H,6-14H2,1-5H3,(H,22,24)(H,23,27);1H. The van der Waals surface area contributed by atoms with E-state index in [-0.39, 0.29) is 36.2 Å². The van der Waals surface area contributed by atoms with Crippen LogP contribution in [-0.2, 0) is 22.4 Å². The van der Waals surface area contributed by atoms with Gasteiger partial charge in [0, 0.05) is 38.7 Å². The fourth-order valence-electron chi connectivity index (χ4n) is 3.16. The Kier molecular flexibility index (Phi) is 12.7. The first-order chi connectivity index (χ1) is 14.3. The summed E-state index contributed by atoms with van der Waals surface area (Å²) in [7, 11) is 1.82. The third kappa shape index (κ3) is 10.8. The molecular formula is C21H38IN5O3S. The van der Waals surface area contributed by atoms with Gasteiger partial charge in [-0.05, 0) is 46.5 Å². The van der Waals surface area contributed by atoms with Crippen molar-refractivity contribution in [2.24, 2.45) is 4.99 Å². The normalized spacial score (nSPS) is 15.4. The van der Waals surface area contributed by atoms with Crippen LogP contribution < -0.4 is 10.6 Å². The lowest BCUT2D eigenvalue weighted by atomic mass is 10.1. The summed E-state index contributed by atoms with van der Waals surface area (Å²) in [4.78, 5) is 22.9. The number of carbonyl (C=O) groups is 1. The SMILES string of the molecule is CCc1nc(CNC(=NC)N2CCC(OCCCNC(=O)OC(C)(C)C)CC2)cs1.I. The number of amides is 1. The molecule has 8 nitrogen and oxygen atoms in total. The zero-order valence-electron chi connectivity index (χ0n) is 19.4. The molecule has 0 radical (unpaired) electrons. The average Bonchev–Trinajstić information content (AvgIpc) is 3.16. The molecule has 178 valence electrons. The van der Waals surface area contributed by atoms with E-state index >= 15 is 0 Å². The first-order valence-corrected chi connectivity index (χ1v) is 11.7. The number of aliphatic imine (C=N–C) groups is 1. The number of hydrogen-bond donors (Lipinski definition) is 2. The van der Waals surface area contributed by atoms with E-state index < -0.39 is 5.60 Å². The number of aryl methyl sites for hydroxylation is 1. The monoisotopic (exact) mass is 567 g/mol. The number of halogens is 1. The summed E-state index contributed by atoms with van der Waals surface area (Å²) in [5.74, 6) is 0.918. The molecule has 1 aliphatic rings. The molecule has 2 N–H and O–H groups in total. The number of aromatic nitrogens is 1. The van der Waals surface area contributed by atoms with Crippen LogP contribution in [0.15, 0.2) is 10.4 Å². The number of thiazole rings is 1. The molecule has 2 rings (SSSR count). The van der Waals surface area contributed by atoms with Gasteiger partial charge >= 0.3 is 6.09 Å². The van der Waals surface area contributed by atoms with Gasteiger partial charge in [0.05, 0.1) is 23.4 Å². The number of nitrogens with one attached hydrogen (secondary N) is 2. The maximum Gasteiger partial charge on any atom is 0.407 e. The molecule has 0 aliphatic carbocycles. The minimum atomic E-state index is -0.470. The summed E-state index contributed by atoms with van der Waals surface area (Å²) in [5, 5.41) is 9.46. The van der Waals surface area contributed by atoms with E-state index in [0.717, 1.165) is 50.4 Å². The van der Waals surface area contributed by atoms with Crippen molar-refractivity contribution in [3.63, 3.8) is 0 Å². The quantitative estimate of drug-likeness (QED) is 0.215. The molecule has 0 aromatic carbocycles. The Morgan fingerprint density at radius 3 is 2.61 bits per heavy atom. The molecule has 1 aromatic rings. The number of carbonyl (C=O) groups excluding carboxylic acids is 1. The maximum atomic E-state index is 11.6. The van der Waals surface area contributed by atoms with E-state index in [4.69, 9.17) is 9.47 Å². The molecule has 1 aromatic heterocycles. The average molecular weight is 568 g/mol. The highest BCUT2D eigenvalue weighted by Crippen LogP contribution is 2.15. The molecule has 2 heterocycles. The van der Waals surface area contributed by atoms with Gasteiger partial charge in [0.1, 0.15) is 5.60 Å². The van der Waals surface area contributed by atoms with Crippen molar-refractivity contribution in [1.82, 2.24) is 20.5 Å². The van der Waals surface area contributed by atoms with Crippen LogP contribution in [0.5, 0.6) is 0 Å². The molecule has 31 heavy (non-hydrogen) atoms. The summed E-state index contributed by atoms with van der Waals surface area (Å²) in [5.41, 5.74) is 0.596. The van der Waals surface area contributed by atoms with Gasteiger partial charge in [0.2, 0.25) is 0 Å². The zero-order valence-corrected chi connectivity index (χ0v) is 22.5. The van der Waals surface area contributed by atoms with Crippen molar-refractivity contribution < 1.29 is 14.3 Å². The van der Waals surface area contributed by atoms with E-state index in [1.54, 1.807) is 11.3 Å². The summed E-state index contributed by atoms with van der Waals surface area (Å²) < 4.78 is 11.2. The number of piperidine rings is 1. The van der Waals surface area contributed by atoms with Crippen molar-refractivity contribution in [2.45, 2.75) is 71.6 Å². The van der Waals surface area contributed by atoms with Gasteiger partial charge in [-0.2, -0.15) is 0 Å². The van der Waals surface area contributed by atoms with E-state index in [2.05, 4.69) is 37.8 Å². The highest BCUT2D eigenvalue weighted by molar-refractivity contribution is 14.0. The van der Waals surface area contributed by atoms with Gasteiger partial charge in [-0.3, -0.25) is 4.99 Å². The topological polar surface area (TPSA) is 88.1 Å². The smallest absolute Gasteiger partial charge is 0.407 e. The van der Waals surface area contributed by atoms with Gasteiger partial charge in [-0.1, -0.05) is 6.92 Å². The van der Waals surface area contributed by atoms with Gasteiger partial charge in [0.15, 0.2) is 5.96 Å². The second-order valence-corrected chi connectivity index (χ2v) is 9.27. The lowest BCUT2D eigenvalue weighted by Crippen LogP contribution is -2.46. The van der Waals surface area contributed by atoms with Gasteiger partial charge in [-0.25, -0.2) is 9.78 Å². The van der Waals surface area contributed by atoms with E-state index in [1.165, 1.54) is 5.01 Å². The molecule has 0 bridgehead atoms. The van der Waals surface area contributed by atoms with Crippen molar-refractivity contribution >= 4 is 47.4 Å². The van der Waals surface area contributed by atoms with Crippen LogP contribution in [0.3, 0.4) is 0 Å². The number of nitrogens with zero attached hydrogens (tertiary/aromatic N) is 3. The van der Waals surface area contributed by atoms with Crippen molar-refractivity contribution in [2.75, 3.05) is 33.3 Å². The number of alkyl carbamates (subject to hydrolysis) is 1. The Hall–Kier alpha value is -1.14. The molecule has 1 aliphatic heterocycles. The van der Waals surface area contributed by atoms with Crippen LogP contribution in [-0.4, -0.2) is 66.9 Å². The van der Waals surface area contributed by atoms with E-state index in [9.17, 15) is 4.79 Å². The highest BCUT2D eigenvalue weighted by atomic mass is 127. The molecule has 1 fully saturated rings. The third-order valence-electron chi connectivity index (χ3n) is 4.63. The Labute approximate surface area is 207 Å². The van der Waals surface area contributed by atoms with Crippen LogP contribution >= 0.6 is 35.3 Å². The minimum absolute atomic E-state index is 0. The number of likely N-dealkylation sites (tertiary alicyclic amines) is 1. The number of rotatable bonds is 8. The lowest BCUT2D eigenvalue weighted by molar-refractivity contribution is 0.0170. The van der Waals surface area contributed by atoms with Crippen LogP contribution in [0.2, 0.25) is 0 Å². The molecular weight excluding hydrogens is 529 g/mol. The Morgan fingerprint density at radius 1 is 1.32 bits per heavy atom. The van der Waals surface area contributed by atoms with Gasteiger partial charge in [-0.15, -0.1) is 35.3 Å². The fraction of sp³-hybridized carbons (Fsp3) is 0.762. The van der Waals surface area contributed by atoms with Crippen LogP contribution in [0.25, 0.3) is 0 Å². The van der Waals surface area contributed by atoms with Crippen molar-refractivity contribution in [3.8, 4) is 0 Å². The second-order valence-electron chi connectivity index (χ2n) is 8.33. The predicted octanol–water partition coefficient (Wildman–Crippen LogP) is 3.79. The Morgan fingerprint density at radius 2 is 2.03 bits per heavy atom. The summed E-state index contributed by atoms with van der Waals surface area (Å²) in [6.45, 7) is 11.4. The molecule has 1 saturated heterocycles. The van der Waals surface area contributed by atoms with E-state index in [0.29, 0.717) is 19.7 Å². The van der Waals surface area contributed by atoms with Crippen LogP contribution in [0.4, 0.5) is 4.79 Å². The van der Waals surface area contributed by atoms with E-state index in [1.807, 2.05) is 27.8 Å². The second kappa shape index (κ2) is 14.1. The molecule has 0 spiro atoms. The molecule has 0 unspecified atom stereocenters. The fourth-order valence-corrected chi connectivity index (χ4v) is 3.90. The number of guanidine groups is 1. The zero-order chi connectivity index (χ0) is 22.0. The van der Waals surface area contributed by atoms with Gasteiger partial charge < -0.3 is 25.0 Å². The molecule has 1 amide bonds. The Balaban J connectivity index is 0.00000480. The predicted molar refractivity (Wildman–Crippen MR) is 137 cm³/mol.